The number of para-hydroxylation sites is 1. The SMILES string of the molecule is c1ccc(-c2cc3ccccc3o2)c(-c2ccc(-c3ccc(N(c4ccc(-c5cccc6ccccc56)cc4)c4ccc(-c5cccc6ccccc56)cc4)cc3)cc2)c1. The van der Waals surface area contributed by atoms with Crippen LogP contribution in [0.1, 0.15) is 0 Å². The van der Waals surface area contributed by atoms with Crippen molar-refractivity contribution in [3.05, 3.63) is 237 Å². The molecule has 0 spiro atoms. The molecule has 0 atom stereocenters. The van der Waals surface area contributed by atoms with Crippen molar-refractivity contribution in [2.75, 3.05) is 4.90 Å². The fourth-order valence-corrected chi connectivity index (χ4v) is 8.69. The number of rotatable bonds is 8. The molecule has 0 aliphatic rings. The Morgan fingerprint density at radius 1 is 0.267 bits per heavy atom. The standard InChI is InChI=1S/C58H39NO/c1-4-16-51-42(11-1)14-9-20-53(51)45-29-35-49(36-30-45)59(50-37-31-46(32-38-50)54-21-10-15-43-12-2-5-17-52(43)54)48-33-27-41(28-34-48)40-23-25-44(26-24-40)55-18-6-7-19-56(55)58-39-47-13-3-8-22-57(47)60-58/h1-39H. The molecule has 1 aromatic heterocycles. The molecule has 0 aliphatic carbocycles. The molecule has 0 bridgehead atoms. The van der Waals surface area contributed by atoms with Gasteiger partial charge >= 0.3 is 0 Å². The minimum absolute atomic E-state index is 0.877. The highest BCUT2D eigenvalue weighted by Crippen LogP contribution is 2.40. The van der Waals surface area contributed by atoms with E-state index in [9.17, 15) is 0 Å². The molecular weight excluding hydrogens is 727 g/mol. The maximum Gasteiger partial charge on any atom is 0.136 e. The molecule has 2 heteroatoms. The lowest BCUT2D eigenvalue weighted by Gasteiger charge is -2.26. The molecule has 0 unspecified atom stereocenters. The molecule has 2 nitrogen and oxygen atoms in total. The minimum atomic E-state index is 0.877. The van der Waals surface area contributed by atoms with E-state index in [1.54, 1.807) is 0 Å². The molecule has 11 aromatic rings. The first kappa shape index (κ1) is 35.2. The van der Waals surface area contributed by atoms with Gasteiger partial charge in [0.2, 0.25) is 0 Å². The van der Waals surface area contributed by atoms with E-state index in [1.807, 2.05) is 18.2 Å². The number of hydrogen-bond acceptors (Lipinski definition) is 2. The Bertz CT molecular complexity index is 3120. The fourth-order valence-electron chi connectivity index (χ4n) is 8.69. The second-order valence-corrected chi connectivity index (χ2v) is 15.3. The number of hydrogen-bond donors (Lipinski definition) is 0. The summed E-state index contributed by atoms with van der Waals surface area (Å²) >= 11 is 0. The van der Waals surface area contributed by atoms with Crippen molar-refractivity contribution in [1.29, 1.82) is 0 Å². The Hall–Kier alpha value is -7.94. The van der Waals surface area contributed by atoms with Gasteiger partial charge in [0.1, 0.15) is 11.3 Å². The Morgan fingerprint density at radius 3 is 1.17 bits per heavy atom. The van der Waals surface area contributed by atoms with Crippen molar-refractivity contribution in [2.45, 2.75) is 0 Å². The molecule has 0 radical (unpaired) electrons. The van der Waals surface area contributed by atoms with Gasteiger partial charge in [-0.25, -0.2) is 0 Å². The maximum atomic E-state index is 6.28. The summed E-state index contributed by atoms with van der Waals surface area (Å²) in [6.45, 7) is 0. The van der Waals surface area contributed by atoms with Crippen LogP contribution in [0.5, 0.6) is 0 Å². The van der Waals surface area contributed by atoms with E-state index in [-0.39, 0.29) is 0 Å². The second kappa shape index (κ2) is 15.1. The Morgan fingerprint density at radius 2 is 0.633 bits per heavy atom. The molecule has 0 aliphatic heterocycles. The van der Waals surface area contributed by atoms with Crippen molar-refractivity contribution < 1.29 is 4.42 Å². The third-order valence-corrected chi connectivity index (χ3v) is 11.7. The molecule has 1 heterocycles. The van der Waals surface area contributed by atoms with Gasteiger partial charge in [-0.15, -0.1) is 0 Å². The van der Waals surface area contributed by atoms with E-state index in [0.717, 1.165) is 61.6 Å². The van der Waals surface area contributed by atoms with Crippen LogP contribution in [0.2, 0.25) is 0 Å². The normalized spacial score (nSPS) is 11.3. The second-order valence-electron chi connectivity index (χ2n) is 15.3. The van der Waals surface area contributed by atoms with E-state index in [1.165, 1.54) is 43.8 Å². The predicted octanol–water partition coefficient (Wildman–Crippen LogP) is 16.5. The first-order valence-electron chi connectivity index (χ1n) is 20.5. The third-order valence-electron chi connectivity index (χ3n) is 11.7. The summed E-state index contributed by atoms with van der Waals surface area (Å²) in [5, 5.41) is 6.11. The lowest BCUT2D eigenvalue weighted by atomic mass is 9.95. The smallest absolute Gasteiger partial charge is 0.136 e. The van der Waals surface area contributed by atoms with Gasteiger partial charge in [0, 0.05) is 28.0 Å². The zero-order chi connectivity index (χ0) is 39.8. The topological polar surface area (TPSA) is 16.4 Å². The quantitative estimate of drug-likeness (QED) is 0.153. The molecule has 282 valence electrons. The summed E-state index contributed by atoms with van der Waals surface area (Å²) in [7, 11) is 0. The monoisotopic (exact) mass is 765 g/mol. The van der Waals surface area contributed by atoms with E-state index in [0.29, 0.717) is 0 Å². The number of anilines is 3. The van der Waals surface area contributed by atoms with E-state index in [4.69, 9.17) is 4.42 Å². The van der Waals surface area contributed by atoms with Crippen LogP contribution in [0.4, 0.5) is 17.1 Å². The van der Waals surface area contributed by atoms with Crippen LogP contribution in [0.3, 0.4) is 0 Å². The lowest BCUT2D eigenvalue weighted by molar-refractivity contribution is 0.632. The van der Waals surface area contributed by atoms with Gasteiger partial charge in [0.15, 0.2) is 0 Å². The summed E-state index contributed by atoms with van der Waals surface area (Å²) in [5.74, 6) is 0.877. The van der Waals surface area contributed by atoms with Crippen LogP contribution in [-0.4, -0.2) is 0 Å². The lowest BCUT2D eigenvalue weighted by Crippen LogP contribution is -2.09. The van der Waals surface area contributed by atoms with Gasteiger partial charge in [0.05, 0.1) is 0 Å². The van der Waals surface area contributed by atoms with Crippen molar-refractivity contribution in [3.8, 4) is 55.8 Å². The molecule has 11 rings (SSSR count). The highest BCUT2D eigenvalue weighted by atomic mass is 16.3. The molecule has 10 aromatic carbocycles. The molecule has 60 heavy (non-hydrogen) atoms. The molecule has 0 fully saturated rings. The third kappa shape index (κ3) is 6.51. The summed E-state index contributed by atoms with van der Waals surface area (Å²) in [6, 6.07) is 84.8. The molecule has 0 amide bonds. The van der Waals surface area contributed by atoms with Gasteiger partial charge in [-0.05, 0) is 115 Å². The van der Waals surface area contributed by atoms with Crippen LogP contribution < -0.4 is 4.90 Å². The first-order valence-corrected chi connectivity index (χ1v) is 20.5. The van der Waals surface area contributed by atoms with Crippen LogP contribution in [-0.2, 0) is 0 Å². The van der Waals surface area contributed by atoms with Gasteiger partial charge < -0.3 is 9.32 Å². The molecule has 0 saturated carbocycles. The average Bonchev–Trinajstić information content (AvgIpc) is 3.77. The van der Waals surface area contributed by atoms with E-state index in [2.05, 4.69) is 223 Å². The molecule has 0 N–H and O–H groups in total. The van der Waals surface area contributed by atoms with Crippen molar-refractivity contribution in [3.63, 3.8) is 0 Å². The molecule has 0 saturated heterocycles. The molecular formula is C58H39NO. The minimum Gasteiger partial charge on any atom is -0.456 e. The van der Waals surface area contributed by atoms with Crippen molar-refractivity contribution >= 4 is 49.6 Å². The van der Waals surface area contributed by atoms with Crippen LogP contribution >= 0.6 is 0 Å². The van der Waals surface area contributed by atoms with Gasteiger partial charge in [-0.1, -0.05) is 188 Å². The Balaban J connectivity index is 0.930. The van der Waals surface area contributed by atoms with Gasteiger partial charge in [-0.3, -0.25) is 0 Å². The fraction of sp³-hybridized carbons (Fsp3) is 0. The summed E-state index contributed by atoms with van der Waals surface area (Å²) in [6.07, 6.45) is 0. The zero-order valence-electron chi connectivity index (χ0n) is 32.9. The first-order chi connectivity index (χ1) is 29.7. The summed E-state index contributed by atoms with van der Waals surface area (Å²) in [4.78, 5) is 2.35. The maximum absolute atomic E-state index is 6.28. The highest BCUT2D eigenvalue weighted by Gasteiger charge is 2.16. The number of benzene rings is 10. The average molecular weight is 766 g/mol. The Kier molecular flexibility index (Phi) is 8.87. The zero-order valence-corrected chi connectivity index (χ0v) is 32.9. The Labute approximate surface area is 349 Å². The largest absolute Gasteiger partial charge is 0.456 e. The van der Waals surface area contributed by atoms with Gasteiger partial charge in [0.25, 0.3) is 0 Å². The van der Waals surface area contributed by atoms with Gasteiger partial charge in [-0.2, -0.15) is 0 Å². The van der Waals surface area contributed by atoms with E-state index >= 15 is 0 Å². The van der Waals surface area contributed by atoms with Crippen LogP contribution in [0, 0.1) is 0 Å². The summed E-state index contributed by atoms with van der Waals surface area (Å²) in [5.41, 5.74) is 14.7. The summed E-state index contributed by atoms with van der Waals surface area (Å²) < 4.78 is 6.28. The van der Waals surface area contributed by atoms with Crippen molar-refractivity contribution in [1.82, 2.24) is 0 Å². The highest BCUT2D eigenvalue weighted by molar-refractivity contribution is 5.98. The predicted molar refractivity (Wildman–Crippen MR) is 253 cm³/mol. The van der Waals surface area contributed by atoms with Crippen LogP contribution in [0.25, 0.3) is 88.3 Å². The van der Waals surface area contributed by atoms with E-state index < -0.39 is 0 Å². The van der Waals surface area contributed by atoms with Crippen molar-refractivity contribution in [2.24, 2.45) is 0 Å². The number of nitrogens with zero attached hydrogens (tertiary/aromatic N) is 1. The number of fused-ring (bicyclic) bond motifs is 3. The van der Waals surface area contributed by atoms with Crippen LogP contribution in [0.15, 0.2) is 241 Å². The number of furan rings is 1.